The highest BCUT2D eigenvalue weighted by atomic mass is 16.7. The van der Waals surface area contributed by atoms with Crippen LogP contribution in [0.15, 0.2) is 48.5 Å². The van der Waals surface area contributed by atoms with Crippen LogP contribution in [0.3, 0.4) is 0 Å². The third-order valence-corrected chi connectivity index (χ3v) is 2.88. The monoisotopic (exact) mass is 286 g/mol. The minimum Gasteiger partial charge on any atom is -0.477 e. The van der Waals surface area contributed by atoms with Crippen molar-refractivity contribution >= 4 is 5.97 Å². The highest BCUT2D eigenvalue weighted by Gasteiger charge is 2.20. The molecule has 0 bridgehead atoms. The topological polar surface area (TPSA) is 55.8 Å². The molecular formula is C17H18O4. The molecule has 1 atom stereocenters. The molecule has 1 unspecified atom stereocenters. The molecule has 2 aromatic carbocycles. The van der Waals surface area contributed by atoms with Crippen LogP contribution in [-0.2, 0) is 16.1 Å². The molecule has 0 aliphatic rings. The Bertz CT molecular complexity index is 587. The molecule has 0 heterocycles. The average molecular weight is 286 g/mol. The molecule has 110 valence electrons. The van der Waals surface area contributed by atoms with Gasteiger partial charge in [-0.15, -0.1) is 0 Å². The van der Waals surface area contributed by atoms with Gasteiger partial charge in [-0.3, -0.25) is 0 Å². The van der Waals surface area contributed by atoms with E-state index >= 15 is 0 Å². The summed E-state index contributed by atoms with van der Waals surface area (Å²) >= 11 is 0. The molecule has 0 aromatic heterocycles. The van der Waals surface area contributed by atoms with Gasteiger partial charge >= 0.3 is 5.97 Å². The second kappa shape index (κ2) is 6.90. The van der Waals surface area contributed by atoms with E-state index in [9.17, 15) is 9.90 Å². The molecule has 0 amide bonds. The Morgan fingerprint density at radius 2 is 1.71 bits per heavy atom. The van der Waals surface area contributed by atoms with E-state index in [0.29, 0.717) is 5.75 Å². The first-order valence-corrected chi connectivity index (χ1v) is 6.68. The summed E-state index contributed by atoms with van der Waals surface area (Å²) in [6.45, 7) is 4.05. The van der Waals surface area contributed by atoms with Crippen LogP contribution < -0.4 is 4.74 Å². The van der Waals surface area contributed by atoms with Crippen molar-refractivity contribution in [2.45, 2.75) is 26.7 Å². The molecule has 21 heavy (non-hydrogen) atoms. The summed E-state index contributed by atoms with van der Waals surface area (Å²) < 4.78 is 10.8. The van der Waals surface area contributed by atoms with Crippen LogP contribution in [0.25, 0.3) is 0 Å². The summed E-state index contributed by atoms with van der Waals surface area (Å²) in [5.74, 6) is -0.655. The van der Waals surface area contributed by atoms with Gasteiger partial charge in [0.05, 0.1) is 6.61 Å². The molecule has 0 radical (unpaired) electrons. The van der Waals surface area contributed by atoms with E-state index < -0.39 is 12.3 Å². The minimum absolute atomic E-state index is 0.183. The van der Waals surface area contributed by atoms with E-state index in [1.807, 2.05) is 50.2 Å². The van der Waals surface area contributed by atoms with Crippen LogP contribution in [0.5, 0.6) is 5.75 Å². The lowest BCUT2D eigenvalue weighted by molar-refractivity contribution is -0.173. The quantitative estimate of drug-likeness (QED) is 0.828. The van der Waals surface area contributed by atoms with Crippen molar-refractivity contribution in [1.29, 1.82) is 0 Å². The lowest BCUT2D eigenvalue weighted by atomic mass is 10.1. The Morgan fingerprint density at radius 3 is 2.29 bits per heavy atom. The molecule has 4 heteroatoms. The Balaban J connectivity index is 2.03. The predicted molar refractivity (Wildman–Crippen MR) is 79.2 cm³/mol. The first-order chi connectivity index (χ1) is 10.0. The largest absolute Gasteiger partial charge is 0.477 e. The van der Waals surface area contributed by atoms with Crippen LogP contribution in [0, 0.1) is 13.8 Å². The lowest BCUT2D eigenvalue weighted by Crippen LogP contribution is -2.30. The molecule has 4 nitrogen and oxygen atoms in total. The van der Waals surface area contributed by atoms with Gasteiger partial charge in [-0.25, -0.2) is 4.79 Å². The van der Waals surface area contributed by atoms with Crippen LogP contribution in [-0.4, -0.2) is 17.4 Å². The van der Waals surface area contributed by atoms with Gasteiger partial charge in [0.1, 0.15) is 5.75 Å². The van der Waals surface area contributed by atoms with E-state index in [1.54, 1.807) is 12.1 Å². The summed E-state index contributed by atoms with van der Waals surface area (Å²) in [5, 5.41) is 9.20. The number of rotatable bonds is 6. The van der Waals surface area contributed by atoms with E-state index in [1.165, 1.54) is 0 Å². The van der Waals surface area contributed by atoms with Crippen molar-refractivity contribution in [2.75, 3.05) is 0 Å². The standard InChI is InChI=1S/C17H18O4/c1-12-8-13(2)10-15(9-12)21-17(16(18)19)20-11-14-6-4-3-5-7-14/h3-10,17H,11H2,1-2H3,(H,18,19). The second-order valence-corrected chi connectivity index (χ2v) is 4.91. The maximum atomic E-state index is 11.2. The Hall–Kier alpha value is -2.33. The van der Waals surface area contributed by atoms with Gasteiger partial charge < -0.3 is 14.6 Å². The summed E-state index contributed by atoms with van der Waals surface area (Å²) in [6.07, 6.45) is -1.33. The zero-order valence-electron chi connectivity index (χ0n) is 12.1. The molecular weight excluding hydrogens is 268 g/mol. The van der Waals surface area contributed by atoms with Crippen molar-refractivity contribution in [3.05, 3.63) is 65.2 Å². The molecule has 0 aliphatic carbocycles. The van der Waals surface area contributed by atoms with Crippen molar-refractivity contribution in [3.63, 3.8) is 0 Å². The smallest absolute Gasteiger partial charge is 0.373 e. The molecule has 0 fully saturated rings. The first-order valence-electron chi connectivity index (χ1n) is 6.68. The Labute approximate surface area is 123 Å². The Morgan fingerprint density at radius 1 is 1.10 bits per heavy atom. The number of aryl methyl sites for hydroxylation is 2. The number of carboxylic acid groups (broad SMARTS) is 1. The lowest BCUT2D eigenvalue weighted by Gasteiger charge is -2.16. The van der Waals surface area contributed by atoms with Gasteiger partial charge in [0.2, 0.25) is 0 Å². The number of hydrogen-bond acceptors (Lipinski definition) is 3. The van der Waals surface area contributed by atoms with Crippen LogP contribution in [0.4, 0.5) is 0 Å². The fourth-order valence-corrected chi connectivity index (χ4v) is 2.03. The number of benzene rings is 2. The van der Waals surface area contributed by atoms with E-state index in [0.717, 1.165) is 16.7 Å². The molecule has 2 aromatic rings. The fourth-order valence-electron chi connectivity index (χ4n) is 2.03. The van der Waals surface area contributed by atoms with Crippen molar-refractivity contribution in [3.8, 4) is 5.75 Å². The summed E-state index contributed by atoms with van der Waals surface area (Å²) in [6, 6.07) is 14.9. The third kappa shape index (κ3) is 4.61. The zero-order chi connectivity index (χ0) is 15.2. The van der Waals surface area contributed by atoms with E-state index in [2.05, 4.69) is 0 Å². The highest BCUT2D eigenvalue weighted by Crippen LogP contribution is 2.18. The zero-order valence-corrected chi connectivity index (χ0v) is 12.1. The normalized spacial score (nSPS) is 11.9. The molecule has 0 aliphatic heterocycles. The predicted octanol–water partition coefficient (Wildman–Crippen LogP) is 3.31. The van der Waals surface area contributed by atoms with Crippen LogP contribution >= 0.6 is 0 Å². The van der Waals surface area contributed by atoms with Gasteiger partial charge in [0.25, 0.3) is 6.29 Å². The average Bonchev–Trinajstić information content (AvgIpc) is 2.43. The molecule has 1 N–H and O–H groups in total. The number of carboxylic acids is 1. The highest BCUT2D eigenvalue weighted by molar-refractivity contribution is 5.71. The summed E-state index contributed by atoms with van der Waals surface area (Å²) in [4.78, 5) is 11.2. The van der Waals surface area contributed by atoms with Gasteiger partial charge in [0.15, 0.2) is 0 Å². The minimum atomic E-state index is -1.33. The molecule has 0 saturated heterocycles. The third-order valence-electron chi connectivity index (χ3n) is 2.88. The number of ether oxygens (including phenoxy) is 2. The van der Waals surface area contributed by atoms with Gasteiger partial charge in [-0.1, -0.05) is 36.4 Å². The fraction of sp³-hybridized carbons (Fsp3) is 0.235. The Kier molecular flexibility index (Phi) is 4.95. The number of carbonyl (C=O) groups is 1. The molecule has 2 rings (SSSR count). The van der Waals surface area contributed by atoms with Gasteiger partial charge in [-0.2, -0.15) is 0 Å². The maximum absolute atomic E-state index is 11.2. The van der Waals surface area contributed by atoms with Crippen molar-refractivity contribution < 1.29 is 19.4 Å². The first kappa shape index (κ1) is 15.1. The molecule has 0 saturated carbocycles. The van der Waals surface area contributed by atoms with Crippen LogP contribution in [0.1, 0.15) is 16.7 Å². The van der Waals surface area contributed by atoms with Gasteiger partial charge in [0, 0.05) is 0 Å². The van der Waals surface area contributed by atoms with Gasteiger partial charge in [-0.05, 0) is 42.7 Å². The summed E-state index contributed by atoms with van der Waals surface area (Å²) in [5.41, 5.74) is 2.92. The second-order valence-electron chi connectivity index (χ2n) is 4.91. The SMILES string of the molecule is Cc1cc(C)cc(OC(OCc2ccccc2)C(=O)O)c1. The summed E-state index contributed by atoms with van der Waals surface area (Å²) in [7, 11) is 0. The molecule has 0 spiro atoms. The maximum Gasteiger partial charge on any atom is 0.373 e. The van der Waals surface area contributed by atoms with E-state index in [-0.39, 0.29) is 6.61 Å². The van der Waals surface area contributed by atoms with E-state index in [4.69, 9.17) is 9.47 Å². The number of aliphatic carboxylic acids is 1. The number of hydrogen-bond donors (Lipinski definition) is 1. The van der Waals surface area contributed by atoms with Crippen LogP contribution in [0.2, 0.25) is 0 Å². The van der Waals surface area contributed by atoms with Crippen molar-refractivity contribution in [2.24, 2.45) is 0 Å². The van der Waals surface area contributed by atoms with Crippen molar-refractivity contribution in [1.82, 2.24) is 0 Å².